The molecule has 1 N–H and O–H groups in total. The van der Waals surface area contributed by atoms with E-state index in [4.69, 9.17) is 0 Å². The number of benzene rings is 1. The van der Waals surface area contributed by atoms with E-state index in [2.05, 4.69) is 10.3 Å². The molecular weight excluding hydrogens is 297 g/mol. The highest BCUT2D eigenvalue weighted by molar-refractivity contribution is 7.15. The minimum atomic E-state index is -4.32. The number of rotatable bonds is 2. The standard InChI is InChI=1S/C15H15F3N2S/c1-19-11-6-3-7-12-13(11)20-14(21-12)9-4-2-5-10(8-9)15(16,17)18/h2,4-5,8,11,19H,3,6-7H2,1H3. The van der Waals surface area contributed by atoms with E-state index >= 15 is 0 Å². The Bertz CT molecular complexity index is 649. The molecule has 1 aliphatic carbocycles. The van der Waals surface area contributed by atoms with Gasteiger partial charge in [0.1, 0.15) is 5.01 Å². The number of nitrogens with one attached hydrogen (secondary N) is 1. The van der Waals surface area contributed by atoms with Crippen molar-refractivity contribution in [3.63, 3.8) is 0 Å². The third-order valence-electron chi connectivity index (χ3n) is 3.74. The summed E-state index contributed by atoms with van der Waals surface area (Å²) in [6, 6.07) is 5.61. The van der Waals surface area contributed by atoms with Crippen LogP contribution in [-0.2, 0) is 12.6 Å². The number of aromatic nitrogens is 1. The highest BCUT2D eigenvalue weighted by Crippen LogP contribution is 2.38. The summed E-state index contributed by atoms with van der Waals surface area (Å²) in [5.74, 6) is 0. The first-order chi connectivity index (χ1) is 9.99. The van der Waals surface area contributed by atoms with E-state index in [1.807, 2.05) is 7.05 Å². The number of hydrogen-bond acceptors (Lipinski definition) is 3. The van der Waals surface area contributed by atoms with E-state index in [0.29, 0.717) is 10.6 Å². The van der Waals surface area contributed by atoms with Gasteiger partial charge in [0, 0.05) is 10.4 Å². The fourth-order valence-electron chi connectivity index (χ4n) is 2.65. The molecule has 0 radical (unpaired) electrons. The number of aryl methyl sites for hydroxylation is 1. The first-order valence-electron chi connectivity index (χ1n) is 6.83. The zero-order valence-corrected chi connectivity index (χ0v) is 12.3. The van der Waals surface area contributed by atoms with Crippen molar-refractivity contribution >= 4 is 11.3 Å². The zero-order valence-electron chi connectivity index (χ0n) is 11.5. The van der Waals surface area contributed by atoms with E-state index in [1.54, 1.807) is 6.07 Å². The minimum absolute atomic E-state index is 0.213. The van der Waals surface area contributed by atoms with Crippen LogP contribution in [0.5, 0.6) is 0 Å². The molecule has 1 aliphatic rings. The summed E-state index contributed by atoms with van der Waals surface area (Å²) < 4.78 is 38.4. The van der Waals surface area contributed by atoms with Crippen LogP contribution >= 0.6 is 11.3 Å². The molecule has 1 aromatic carbocycles. The number of thiazole rings is 1. The average Bonchev–Trinajstić information content (AvgIpc) is 2.90. The Kier molecular flexibility index (Phi) is 3.75. The van der Waals surface area contributed by atoms with E-state index in [0.717, 1.165) is 31.0 Å². The molecule has 3 rings (SSSR count). The topological polar surface area (TPSA) is 24.9 Å². The number of hydrogen-bond donors (Lipinski definition) is 1. The van der Waals surface area contributed by atoms with Crippen LogP contribution in [0.25, 0.3) is 10.6 Å². The summed E-state index contributed by atoms with van der Waals surface area (Å²) in [4.78, 5) is 5.77. The molecule has 1 unspecified atom stereocenters. The molecule has 112 valence electrons. The largest absolute Gasteiger partial charge is 0.416 e. The molecule has 0 bridgehead atoms. The van der Waals surface area contributed by atoms with Crippen LogP contribution in [0.3, 0.4) is 0 Å². The lowest BCUT2D eigenvalue weighted by Gasteiger charge is -2.19. The second-order valence-electron chi connectivity index (χ2n) is 5.14. The minimum Gasteiger partial charge on any atom is -0.312 e. The van der Waals surface area contributed by atoms with Gasteiger partial charge in [0.2, 0.25) is 0 Å². The fourth-order valence-corrected chi connectivity index (χ4v) is 3.81. The summed E-state index contributed by atoms with van der Waals surface area (Å²) >= 11 is 1.51. The molecule has 0 saturated heterocycles. The maximum atomic E-state index is 12.8. The Labute approximate surface area is 125 Å². The fraction of sp³-hybridized carbons (Fsp3) is 0.400. The molecule has 0 aliphatic heterocycles. The van der Waals surface area contributed by atoms with Crippen molar-refractivity contribution in [3.05, 3.63) is 40.4 Å². The predicted octanol–water partition coefficient (Wildman–Crippen LogP) is 4.43. The summed E-state index contributed by atoms with van der Waals surface area (Å²) in [5, 5.41) is 3.90. The molecule has 0 fully saturated rings. The summed E-state index contributed by atoms with van der Waals surface area (Å²) in [6.07, 6.45) is -1.25. The Morgan fingerprint density at radius 2 is 2.14 bits per heavy atom. The first kappa shape index (κ1) is 14.5. The summed E-state index contributed by atoms with van der Waals surface area (Å²) in [6.45, 7) is 0. The van der Waals surface area contributed by atoms with Gasteiger partial charge in [-0.3, -0.25) is 0 Å². The number of nitrogens with zero attached hydrogens (tertiary/aromatic N) is 1. The lowest BCUT2D eigenvalue weighted by molar-refractivity contribution is -0.137. The van der Waals surface area contributed by atoms with Gasteiger partial charge in [-0.05, 0) is 38.4 Å². The lowest BCUT2D eigenvalue weighted by atomic mass is 9.98. The SMILES string of the molecule is CNC1CCCc2sc(-c3cccc(C(F)(F)F)c3)nc21. The molecule has 0 amide bonds. The molecule has 0 spiro atoms. The van der Waals surface area contributed by atoms with Crippen molar-refractivity contribution in [2.75, 3.05) is 7.05 Å². The molecule has 2 nitrogen and oxygen atoms in total. The van der Waals surface area contributed by atoms with Gasteiger partial charge in [0.25, 0.3) is 0 Å². The second kappa shape index (κ2) is 5.42. The van der Waals surface area contributed by atoms with Gasteiger partial charge in [-0.1, -0.05) is 12.1 Å². The molecule has 1 heterocycles. The van der Waals surface area contributed by atoms with Gasteiger partial charge < -0.3 is 5.32 Å². The van der Waals surface area contributed by atoms with Crippen LogP contribution in [0.4, 0.5) is 13.2 Å². The van der Waals surface area contributed by atoms with E-state index in [-0.39, 0.29) is 6.04 Å². The van der Waals surface area contributed by atoms with Crippen LogP contribution in [-0.4, -0.2) is 12.0 Å². The number of alkyl halides is 3. The lowest BCUT2D eigenvalue weighted by Crippen LogP contribution is -2.21. The maximum Gasteiger partial charge on any atom is 0.416 e. The monoisotopic (exact) mass is 312 g/mol. The van der Waals surface area contributed by atoms with E-state index in [1.165, 1.54) is 28.3 Å². The van der Waals surface area contributed by atoms with E-state index in [9.17, 15) is 13.2 Å². The second-order valence-corrected chi connectivity index (χ2v) is 6.22. The molecule has 1 aromatic heterocycles. The zero-order chi connectivity index (χ0) is 15.0. The molecule has 1 atom stereocenters. The van der Waals surface area contributed by atoms with E-state index < -0.39 is 11.7 Å². The normalized spacial score (nSPS) is 18.6. The van der Waals surface area contributed by atoms with Crippen molar-refractivity contribution in [1.29, 1.82) is 0 Å². The summed E-state index contributed by atoms with van der Waals surface area (Å²) in [7, 11) is 1.89. The Morgan fingerprint density at radius 1 is 1.33 bits per heavy atom. The number of fused-ring (bicyclic) bond motifs is 1. The molecule has 2 aromatic rings. The van der Waals surface area contributed by atoms with Crippen molar-refractivity contribution in [2.45, 2.75) is 31.5 Å². The van der Waals surface area contributed by atoms with Gasteiger partial charge in [-0.2, -0.15) is 13.2 Å². The van der Waals surface area contributed by atoms with Crippen LogP contribution in [0.15, 0.2) is 24.3 Å². The molecule has 6 heteroatoms. The van der Waals surface area contributed by atoms with Crippen molar-refractivity contribution < 1.29 is 13.2 Å². The van der Waals surface area contributed by atoms with Crippen molar-refractivity contribution in [1.82, 2.24) is 10.3 Å². The van der Waals surface area contributed by atoms with Crippen LogP contribution in [0.1, 0.15) is 35.0 Å². The average molecular weight is 312 g/mol. The van der Waals surface area contributed by atoms with Crippen LogP contribution in [0.2, 0.25) is 0 Å². The third-order valence-corrected chi connectivity index (χ3v) is 4.92. The number of halogens is 3. The first-order valence-corrected chi connectivity index (χ1v) is 7.65. The Hall–Kier alpha value is -1.40. The van der Waals surface area contributed by atoms with Gasteiger partial charge in [-0.25, -0.2) is 4.98 Å². The molecule has 0 saturated carbocycles. The molecule has 21 heavy (non-hydrogen) atoms. The van der Waals surface area contributed by atoms with Crippen molar-refractivity contribution in [3.8, 4) is 10.6 Å². The van der Waals surface area contributed by atoms with Gasteiger partial charge in [0.15, 0.2) is 0 Å². The van der Waals surface area contributed by atoms with Gasteiger partial charge in [-0.15, -0.1) is 11.3 Å². The Morgan fingerprint density at radius 3 is 2.86 bits per heavy atom. The van der Waals surface area contributed by atoms with Crippen LogP contribution < -0.4 is 5.32 Å². The van der Waals surface area contributed by atoms with Gasteiger partial charge in [0.05, 0.1) is 17.3 Å². The highest BCUT2D eigenvalue weighted by atomic mass is 32.1. The predicted molar refractivity (Wildman–Crippen MR) is 77.3 cm³/mol. The Balaban J connectivity index is 2.00. The quantitative estimate of drug-likeness (QED) is 0.887. The third kappa shape index (κ3) is 2.82. The van der Waals surface area contributed by atoms with Crippen molar-refractivity contribution in [2.24, 2.45) is 0 Å². The van der Waals surface area contributed by atoms with Gasteiger partial charge >= 0.3 is 6.18 Å². The van der Waals surface area contributed by atoms with Crippen LogP contribution in [0, 0.1) is 0 Å². The smallest absolute Gasteiger partial charge is 0.312 e. The maximum absolute atomic E-state index is 12.8. The highest BCUT2D eigenvalue weighted by Gasteiger charge is 2.31. The molecular formula is C15H15F3N2S. The summed E-state index contributed by atoms with van der Waals surface area (Å²) in [5.41, 5.74) is 0.915.